The fraction of sp³-hybridized carbons (Fsp3) is 0.381. The maximum Gasteiger partial charge on any atom is 0.258 e. The third-order valence-corrected chi connectivity index (χ3v) is 4.98. The van der Waals surface area contributed by atoms with Crippen LogP contribution in [-0.4, -0.2) is 25.7 Å². The summed E-state index contributed by atoms with van der Waals surface area (Å²) in [6.07, 6.45) is 0.844. The Morgan fingerprint density at radius 3 is 2.46 bits per heavy atom. The van der Waals surface area contributed by atoms with Gasteiger partial charge in [0.15, 0.2) is 23.9 Å². The van der Waals surface area contributed by atoms with E-state index >= 15 is 0 Å². The molecule has 5 nitrogen and oxygen atoms in total. The molecule has 150 valence electrons. The monoisotopic (exact) mass is 423 g/mol. The summed E-state index contributed by atoms with van der Waals surface area (Å²) in [6.45, 7) is 5.15. The molecule has 0 unspecified atom stereocenters. The third kappa shape index (κ3) is 5.03. The Hall–Kier alpha value is -2.11. The second kappa shape index (κ2) is 9.39. The number of para-hydroxylation sites is 1. The molecule has 0 radical (unpaired) electrons. The van der Waals surface area contributed by atoms with Gasteiger partial charge >= 0.3 is 0 Å². The minimum Gasteiger partial charge on any atom is -0.490 e. The molecule has 0 aliphatic carbocycles. The van der Waals surface area contributed by atoms with Crippen molar-refractivity contribution in [1.29, 1.82) is 0 Å². The largest absolute Gasteiger partial charge is 0.490 e. The number of rotatable bonds is 6. The van der Waals surface area contributed by atoms with Crippen LogP contribution in [0.15, 0.2) is 36.4 Å². The predicted molar refractivity (Wildman–Crippen MR) is 110 cm³/mol. The van der Waals surface area contributed by atoms with E-state index in [2.05, 4.69) is 5.32 Å². The van der Waals surface area contributed by atoms with Crippen molar-refractivity contribution >= 4 is 29.1 Å². The zero-order valence-electron chi connectivity index (χ0n) is 15.8. The number of halogens is 2. The quantitative estimate of drug-likeness (QED) is 0.706. The number of fused-ring (bicyclic) bond motifs is 1. The fourth-order valence-corrected chi connectivity index (χ4v) is 3.49. The van der Waals surface area contributed by atoms with Crippen LogP contribution in [0.4, 0.5) is 0 Å². The highest BCUT2D eigenvalue weighted by Crippen LogP contribution is 2.34. The van der Waals surface area contributed by atoms with Crippen LogP contribution < -0.4 is 19.5 Å². The van der Waals surface area contributed by atoms with E-state index in [1.165, 1.54) is 0 Å². The highest BCUT2D eigenvalue weighted by molar-refractivity contribution is 6.37. The molecule has 1 atom stereocenters. The number of amides is 1. The molecule has 2 aromatic rings. The Bertz CT molecular complexity index is 821. The van der Waals surface area contributed by atoms with E-state index < -0.39 is 0 Å². The molecular formula is C21H23Cl2NO4. The summed E-state index contributed by atoms with van der Waals surface area (Å²) in [7, 11) is 0. The van der Waals surface area contributed by atoms with Gasteiger partial charge in [0.25, 0.3) is 5.91 Å². The van der Waals surface area contributed by atoms with Crippen molar-refractivity contribution in [2.24, 2.45) is 5.92 Å². The molecule has 0 fully saturated rings. The van der Waals surface area contributed by atoms with Crippen molar-refractivity contribution in [1.82, 2.24) is 5.32 Å². The van der Waals surface area contributed by atoms with Crippen molar-refractivity contribution in [3.8, 4) is 17.2 Å². The number of benzene rings is 2. The van der Waals surface area contributed by atoms with Crippen LogP contribution in [0.1, 0.15) is 31.9 Å². The lowest BCUT2D eigenvalue weighted by molar-refractivity contribution is -0.124. The molecule has 0 saturated heterocycles. The van der Waals surface area contributed by atoms with E-state index in [1.807, 2.05) is 32.0 Å². The van der Waals surface area contributed by atoms with Gasteiger partial charge in [0.2, 0.25) is 0 Å². The maximum absolute atomic E-state index is 12.5. The Kier molecular flexibility index (Phi) is 6.92. The molecular weight excluding hydrogens is 401 g/mol. The predicted octanol–water partition coefficient (Wildman–Crippen LogP) is 5.05. The van der Waals surface area contributed by atoms with Crippen LogP contribution in [0, 0.1) is 5.92 Å². The van der Waals surface area contributed by atoms with E-state index in [1.54, 1.807) is 18.2 Å². The molecule has 28 heavy (non-hydrogen) atoms. The summed E-state index contributed by atoms with van der Waals surface area (Å²) in [5, 5.41) is 3.75. The second-order valence-electron chi connectivity index (χ2n) is 6.89. The minimum absolute atomic E-state index is 0.164. The molecule has 0 aromatic heterocycles. The van der Waals surface area contributed by atoms with Crippen molar-refractivity contribution in [3.05, 3.63) is 52.0 Å². The van der Waals surface area contributed by atoms with Gasteiger partial charge in [-0.2, -0.15) is 0 Å². The number of nitrogens with one attached hydrogen (secondary N) is 1. The molecule has 3 rings (SSSR count). The summed E-state index contributed by atoms with van der Waals surface area (Å²) < 4.78 is 17.0. The van der Waals surface area contributed by atoms with Gasteiger partial charge in [0.05, 0.1) is 29.3 Å². The number of carbonyl (C=O) groups is 1. The average molecular weight is 424 g/mol. The van der Waals surface area contributed by atoms with Crippen LogP contribution >= 0.6 is 23.2 Å². The molecule has 1 aliphatic rings. The number of hydrogen-bond acceptors (Lipinski definition) is 4. The van der Waals surface area contributed by atoms with Crippen LogP contribution in [-0.2, 0) is 4.79 Å². The van der Waals surface area contributed by atoms with Crippen molar-refractivity contribution < 1.29 is 19.0 Å². The molecule has 1 amide bonds. The number of hydrogen-bond donors (Lipinski definition) is 1. The first kappa shape index (κ1) is 20.6. The van der Waals surface area contributed by atoms with Crippen LogP contribution in [0.5, 0.6) is 17.2 Å². The maximum atomic E-state index is 12.5. The Balaban J connectivity index is 1.69. The fourth-order valence-electron chi connectivity index (χ4n) is 2.98. The standard InChI is InChI=1S/C21H23Cl2NO4/c1-13(2)20(14-7-8-17-18(11-14)27-10-4-9-26-17)24-19(25)12-28-21-15(22)5-3-6-16(21)23/h3,5-8,11,13,20H,4,9-10,12H2,1-2H3,(H,24,25)/t20-/m0/s1. The van der Waals surface area contributed by atoms with Gasteiger partial charge in [-0.25, -0.2) is 0 Å². The molecule has 7 heteroatoms. The van der Waals surface area contributed by atoms with E-state index in [9.17, 15) is 4.79 Å². The molecule has 1 heterocycles. The van der Waals surface area contributed by atoms with Gasteiger partial charge in [-0.05, 0) is 35.7 Å². The lowest BCUT2D eigenvalue weighted by Crippen LogP contribution is -2.35. The molecule has 1 aliphatic heterocycles. The van der Waals surface area contributed by atoms with E-state index in [0.717, 1.165) is 17.7 Å². The van der Waals surface area contributed by atoms with Crippen LogP contribution in [0.2, 0.25) is 10.0 Å². The van der Waals surface area contributed by atoms with Crippen molar-refractivity contribution in [2.45, 2.75) is 26.3 Å². The summed E-state index contributed by atoms with van der Waals surface area (Å²) in [4.78, 5) is 12.5. The smallest absolute Gasteiger partial charge is 0.258 e. The molecule has 0 spiro atoms. The van der Waals surface area contributed by atoms with Crippen molar-refractivity contribution in [3.63, 3.8) is 0 Å². The Morgan fingerprint density at radius 1 is 1.11 bits per heavy atom. The molecule has 2 aromatic carbocycles. The highest BCUT2D eigenvalue weighted by Gasteiger charge is 2.21. The zero-order valence-corrected chi connectivity index (χ0v) is 17.3. The third-order valence-electron chi connectivity index (χ3n) is 4.38. The van der Waals surface area contributed by atoms with Gasteiger partial charge in [0.1, 0.15) is 0 Å². The topological polar surface area (TPSA) is 56.8 Å². The zero-order chi connectivity index (χ0) is 20.1. The highest BCUT2D eigenvalue weighted by atomic mass is 35.5. The lowest BCUT2D eigenvalue weighted by Gasteiger charge is -2.24. The van der Waals surface area contributed by atoms with Gasteiger partial charge in [0, 0.05) is 6.42 Å². The van der Waals surface area contributed by atoms with Gasteiger partial charge in [-0.3, -0.25) is 4.79 Å². The first-order valence-electron chi connectivity index (χ1n) is 9.21. The number of carbonyl (C=O) groups excluding carboxylic acids is 1. The minimum atomic E-state index is -0.262. The Morgan fingerprint density at radius 2 is 1.79 bits per heavy atom. The first-order valence-corrected chi connectivity index (χ1v) is 9.97. The number of ether oxygens (including phenoxy) is 3. The summed E-state index contributed by atoms with van der Waals surface area (Å²) in [5.41, 5.74) is 0.948. The molecule has 0 saturated carbocycles. The second-order valence-corrected chi connectivity index (χ2v) is 7.70. The molecule has 1 N–H and O–H groups in total. The van der Waals surface area contributed by atoms with E-state index in [-0.39, 0.29) is 24.5 Å². The van der Waals surface area contributed by atoms with E-state index in [0.29, 0.717) is 34.8 Å². The van der Waals surface area contributed by atoms with Gasteiger partial charge < -0.3 is 19.5 Å². The van der Waals surface area contributed by atoms with Crippen molar-refractivity contribution in [2.75, 3.05) is 19.8 Å². The Labute approximate surface area is 174 Å². The summed E-state index contributed by atoms with van der Waals surface area (Å²) in [6, 6.07) is 10.6. The van der Waals surface area contributed by atoms with Gasteiger partial charge in [-0.15, -0.1) is 0 Å². The van der Waals surface area contributed by atoms with Crippen LogP contribution in [0.3, 0.4) is 0 Å². The SMILES string of the molecule is CC(C)[C@H](NC(=O)COc1c(Cl)cccc1Cl)c1ccc2c(c1)OCCCO2. The van der Waals surface area contributed by atoms with Crippen LogP contribution in [0.25, 0.3) is 0 Å². The first-order chi connectivity index (χ1) is 13.5. The average Bonchev–Trinajstić information content (AvgIpc) is 2.90. The van der Waals surface area contributed by atoms with E-state index in [4.69, 9.17) is 37.4 Å². The molecule has 0 bridgehead atoms. The summed E-state index contributed by atoms with van der Waals surface area (Å²) in [5.74, 6) is 1.64. The normalized spacial score (nSPS) is 14.3. The lowest BCUT2D eigenvalue weighted by atomic mass is 9.95. The van der Waals surface area contributed by atoms with Gasteiger partial charge in [-0.1, -0.05) is 49.2 Å². The summed E-state index contributed by atoms with van der Waals surface area (Å²) >= 11 is 12.2.